The molecule has 0 radical (unpaired) electrons. The minimum Gasteiger partial charge on any atom is -0.348 e. The van der Waals surface area contributed by atoms with Crippen molar-refractivity contribution in [1.82, 2.24) is 0 Å². The molecule has 5 heteroatoms. The zero-order valence-electron chi connectivity index (χ0n) is 12.8. The number of anilines is 1. The summed E-state index contributed by atoms with van der Waals surface area (Å²) in [5.41, 5.74) is 3.67. The third-order valence-corrected chi connectivity index (χ3v) is 4.57. The van der Waals surface area contributed by atoms with Crippen molar-refractivity contribution in [2.45, 2.75) is 19.9 Å². The van der Waals surface area contributed by atoms with Gasteiger partial charge in [0.1, 0.15) is 11.0 Å². The van der Waals surface area contributed by atoms with E-state index in [0.717, 1.165) is 27.5 Å². The average molecular weight is 363 g/mol. The van der Waals surface area contributed by atoms with E-state index in [1.807, 2.05) is 42.5 Å². The summed E-state index contributed by atoms with van der Waals surface area (Å²) in [6.07, 6.45) is 0. The molecule has 0 unspecified atom stereocenters. The smallest absolute Gasteiger partial charge is 0.105 e. The maximum absolute atomic E-state index is 6.21. The Kier molecular flexibility index (Phi) is 4.72. The Morgan fingerprint density at radius 3 is 2.52 bits per heavy atom. The van der Waals surface area contributed by atoms with Crippen molar-refractivity contribution >= 4 is 51.8 Å². The zero-order chi connectivity index (χ0) is 16.6. The van der Waals surface area contributed by atoms with E-state index in [9.17, 15) is 0 Å². The molecule has 2 aromatic rings. The fourth-order valence-electron chi connectivity index (χ4n) is 2.61. The topological polar surface area (TPSA) is 24.4 Å². The number of fused-ring (bicyclic) bond motifs is 1. The van der Waals surface area contributed by atoms with E-state index in [2.05, 4.69) is 19.2 Å². The Morgan fingerprint density at radius 2 is 1.83 bits per heavy atom. The Morgan fingerprint density at radius 1 is 1.09 bits per heavy atom. The number of hydrogen-bond acceptors (Lipinski definition) is 2. The molecule has 0 amide bonds. The highest BCUT2D eigenvalue weighted by Gasteiger charge is 2.25. The van der Waals surface area contributed by atoms with Crippen LogP contribution in [0.15, 0.2) is 47.5 Å². The van der Waals surface area contributed by atoms with Crippen LogP contribution in [0.2, 0.25) is 10.0 Å². The molecule has 118 valence electrons. The molecular formula is C18H16Cl2N2S. The van der Waals surface area contributed by atoms with Gasteiger partial charge in [-0.2, -0.15) is 0 Å². The van der Waals surface area contributed by atoms with Gasteiger partial charge in [0.15, 0.2) is 0 Å². The van der Waals surface area contributed by atoms with Gasteiger partial charge in [-0.3, -0.25) is 4.99 Å². The van der Waals surface area contributed by atoms with E-state index in [1.165, 1.54) is 0 Å². The summed E-state index contributed by atoms with van der Waals surface area (Å²) in [4.78, 5) is 5.67. The number of halogens is 2. The third kappa shape index (κ3) is 3.42. The molecule has 1 heterocycles. The normalized spacial score (nSPS) is 17.3. The number of hydrogen-bond donors (Lipinski definition) is 1. The van der Waals surface area contributed by atoms with Gasteiger partial charge in [0, 0.05) is 26.9 Å². The molecule has 23 heavy (non-hydrogen) atoms. The first-order valence-corrected chi connectivity index (χ1v) is 8.56. The number of aliphatic imine (C=N–C) groups is 1. The maximum atomic E-state index is 6.21. The van der Waals surface area contributed by atoms with Gasteiger partial charge in [-0.1, -0.05) is 61.4 Å². The van der Waals surface area contributed by atoms with Crippen molar-refractivity contribution in [3.05, 3.63) is 63.6 Å². The molecule has 0 fully saturated rings. The SMILES string of the molecule is CC(C)[C@@H]1N=C(c2cccc(Cl)c2)c2cc(Cl)ccc2NC1=S. The Hall–Kier alpha value is -1.42. The molecule has 1 atom stereocenters. The highest BCUT2D eigenvalue weighted by Crippen LogP contribution is 2.29. The second-order valence-corrected chi connectivity index (χ2v) is 7.17. The lowest BCUT2D eigenvalue weighted by Crippen LogP contribution is -2.28. The summed E-state index contributed by atoms with van der Waals surface area (Å²) >= 11 is 17.9. The van der Waals surface area contributed by atoms with Crippen LogP contribution in [-0.4, -0.2) is 16.7 Å². The summed E-state index contributed by atoms with van der Waals surface area (Å²) < 4.78 is 0. The van der Waals surface area contributed by atoms with Crippen LogP contribution in [-0.2, 0) is 0 Å². The fraction of sp³-hybridized carbons (Fsp3) is 0.222. The molecule has 0 saturated carbocycles. The molecular weight excluding hydrogens is 347 g/mol. The predicted octanol–water partition coefficient (Wildman–Crippen LogP) is 5.61. The highest BCUT2D eigenvalue weighted by atomic mass is 35.5. The van der Waals surface area contributed by atoms with Gasteiger partial charge in [0.2, 0.25) is 0 Å². The molecule has 1 N–H and O–H groups in total. The summed E-state index contributed by atoms with van der Waals surface area (Å²) in [6, 6.07) is 13.3. The van der Waals surface area contributed by atoms with Crippen LogP contribution in [0.25, 0.3) is 0 Å². The Labute approximate surface area is 151 Å². The first-order chi connectivity index (χ1) is 11.0. The van der Waals surface area contributed by atoms with Gasteiger partial charge in [-0.05, 0) is 36.2 Å². The van der Waals surface area contributed by atoms with Crippen LogP contribution in [0.5, 0.6) is 0 Å². The molecule has 0 saturated heterocycles. The van der Waals surface area contributed by atoms with Crippen LogP contribution < -0.4 is 5.32 Å². The molecule has 0 bridgehead atoms. The van der Waals surface area contributed by atoms with Crippen molar-refractivity contribution < 1.29 is 0 Å². The Bertz CT molecular complexity index is 799. The minimum absolute atomic E-state index is 0.0924. The molecule has 0 aromatic heterocycles. The minimum atomic E-state index is -0.0924. The molecule has 2 aromatic carbocycles. The monoisotopic (exact) mass is 362 g/mol. The van der Waals surface area contributed by atoms with Gasteiger partial charge in [-0.25, -0.2) is 0 Å². The summed E-state index contributed by atoms with van der Waals surface area (Å²) in [6.45, 7) is 4.22. The standard InChI is InChI=1S/C18H16Cl2N2S/c1-10(2)16-18(23)21-15-7-6-13(20)9-14(15)17(22-16)11-4-3-5-12(19)8-11/h3-10,16H,1-2H3,(H,21,23)/t16-/m0/s1. The quantitative estimate of drug-likeness (QED) is 0.702. The van der Waals surface area contributed by atoms with E-state index >= 15 is 0 Å². The van der Waals surface area contributed by atoms with Gasteiger partial charge in [0.05, 0.1) is 5.71 Å². The second-order valence-electron chi connectivity index (χ2n) is 5.86. The van der Waals surface area contributed by atoms with Crippen molar-refractivity contribution in [2.75, 3.05) is 5.32 Å². The Balaban J connectivity index is 2.24. The van der Waals surface area contributed by atoms with Gasteiger partial charge in [-0.15, -0.1) is 0 Å². The predicted molar refractivity (Wildman–Crippen MR) is 103 cm³/mol. The third-order valence-electron chi connectivity index (χ3n) is 3.76. The first kappa shape index (κ1) is 16.4. The zero-order valence-corrected chi connectivity index (χ0v) is 15.1. The van der Waals surface area contributed by atoms with E-state index in [0.29, 0.717) is 10.0 Å². The van der Waals surface area contributed by atoms with Gasteiger partial charge >= 0.3 is 0 Å². The van der Waals surface area contributed by atoms with Gasteiger partial charge in [0.25, 0.3) is 0 Å². The highest BCUT2D eigenvalue weighted by molar-refractivity contribution is 7.80. The number of thiocarbonyl (C=S) groups is 1. The first-order valence-electron chi connectivity index (χ1n) is 7.40. The second kappa shape index (κ2) is 6.60. The fourth-order valence-corrected chi connectivity index (χ4v) is 3.41. The molecule has 2 nitrogen and oxygen atoms in total. The average Bonchev–Trinajstić information content (AvgIpc) is 2.63. The maximum Gasteiger partial charge on any atom is 0.105 e. The van der Waals surface area contributed by atoms with Crippen LogP contribution in [0, 0.1) is 5.92 Å². The molecule has 0 spiro atoms. The number of nitrogens with one attached hydrogen (secondary N) is 1. The van der Waals surface area contributed by atoms with Crippen molar-refractivity contribution in [2.24, 2.45) is 10.9 Å². The summed E-state index contributed by atoms with van der Waals surface area (Å²) in [7, 11) is 0. The lowest BCUT2D eigenvalue weighted by atomic mass is 10.00. The van der Waals surface area contributed by atoms with Crippen LogP contribution in [0.4, 0.5) is 5.69 Å². The largest absolute Gasteiger partial charge is 0.348 e. The summed E-state index contributed by atoms with van der Waals surface area (Å²) in [5, 5.41) is 4.66. The molecule has 1 aliphatic rings. The molecule has 3 rings (SSSR count). The lowest BCUT2D eigenvalue weighted by molar-refractivity contribution is 0.602. The van der Waals surface area contributed by atoms with Crippen LogP contribution in [0.3, 0.4) is 0 Å². The van der Waals surface area contributed by atoms with E-state index in [1.54, 1.807) is 0 Å². The van der Waals surface area contributed by atoms with Crippen LogP contribution >= 0.6 is 35.4 Å². The number of rotatable bonds is 2. The van der Waals surface area contributed by atoms with Crippen molar-refractivity contribution in [3.63, 3.8) is 0 Å². The van der Waals surface area contributed by atoms with Crippen molar-refractivity contribution in [1.29, 1.82) is 0 Å². The van der Waals surface area contributed by atoms with Gasteiger partial charge < -0.3 is 5.32 Å². The number of benzodiazepines with no additional fused rings is 1. The van der Waals surface area contributed by atoms with E-state index in [-0.39, 0.29) is 12.0 Å². The molecule has 0 aliphatic carbocycles. The van der Waals surface area contributed by atoms with Crippen molar-refractivity contribution in [3.8, 4) is 0 Å². The van der Waals surface area contributed by atoms with E-state index < -0.39 is 0 Å². The number of nitrogens with zero attached hydrogens (tertiary/aromatic N) is 1. The lowest BCUT2D eigenvalue weighted by Gasteiger charge is -2.17. The summed E-state index contributed by atoms with van der Waals surface area (Å²) in [5.74, 6) is 0.286. The molecule has 1 aliphatic heterocycles. The van der Waals surface area contributed by atoms with Crippen LogP contribution in [0.1, 0.15) is 25.0 Å². The van der Waals surface area contributed by atoms with E-state index in [4.69, 9.17) is 40.4 Å². The number of benzene rings is 2.